The lowest BCUT2D eigenvalue weighted by molar-refractivity contribution is -0.00978. The van der Waals surface area contributed by atoms with Crippen LogP contribution in [0, 0.1) is 0 Å². The zero-order valence-corrected chi connectivity index (χ0v) is 18.7. The van der Waals surface area contributed by atoms with Gasteiger partial charge in [-0.25, -0.2) is 17.9 Å². The molecule has 2 saturated heterocycles. The molecule has 2 heterocycles. The van der Waals surface area contributed by atoms with Gasteiger partial charge < -0.3 is 19.9 Å². The molecular weight excluding hydrogens is 404 g/mol. The van der Waals surface area contributed by atoms with Crippen LogP contribution in [0.15, 0.2) is 30.3 Å². The molecule has 168 valence electrons. The van der Waals surface area contributed by atoms with Gasteiger partial charge in [0.15, 0.2) is 0 Å². The van der Waals surface area contributed by atoms with Crippen LogP contribution in [0.1, 0.15) is 32.6 Å². The summed E-state index contributed by atoms with van der Waals surface area (Å²) in [7, 11) is -3.37. The van der Waals surface area contributed by atoms with E-state index in [0.29, 0.717) is 26.1 Å². The molecule has 2 atom stereocenters. The number of rotatable bonds is 7. The van der Waals surface area contributed by atoms with Crippen molar-refractivity contribution in [2.75, 3.05) is 43.9 Å². The predicted octanol–water partition coefficient (Wildman–Crippen LogP) is 1.78. The average molecular weight is 439 g/mol. The van der Waals surface area contributed by atoms with Gasteiger partial charge in [0.25, 0.3) is 0 Å². The molecule has 0 spiro atoms. The lowest BCUT2D eigenvalue weighted by atomic mass is 9.97. The van der Waals surface area contributed by atoms with Gasteiger partial charge in [0.1, 0.15) is 0 Å². The summed E-state index contributed by atoms with van der Waals surface area (Å²) >= 11 is 0. The topological polar surface area (TPSA) is 91.0 Å². The summed E-state index contributed by atoms with van der Waals surface area (Å²) in [5.74, 6) is 0. The van der Waals surface area contributed by atoms with Gasteiger partial charge in [-0.3, -0.25) is 0 Å². The predicted molar refractivity (Wildman–Crippen MR) is 118 cm³/mol. The van der Waals surface area contributed by atoms with Gasteiger partial charge in [-0.2, -0.15) is 0 Å². The summed E-state index contributed by atoms with van der Waals surface area (Å²) in [4.78, 5) is 16.6. The van der Waals surface area contributed by atoms with Crippen molar-refractivity contribution in [1.29, 1.82) is 0 Å². The maximum atomic E-state index is 12.5. The number of benzene rings is 1. The number of likely N-dealkylation sites (tertiary alicyclic amines) is 1. The molecule has 1 aromatic rings. The van der Waals surface area contributed by atoms with Crippen LogP contribution >= 0.6 is 0 Å². The number of urea groups is 1. The van der Waals surface area contributed by atoms with E-state index in [1.54, 1.807) is 4.90 Å². The Bertz CT molecular complexity index is 781. The Morgan fingerprint density at radius 2 is 1.83 bits per heavy atom. The van der Waals surface area contributed by atoms with Crippen LogP contribution < -0.4 is 14.9 Å². The number of sulfonamides is 1. The van der Waals surface area contributed by atoms with Gasteiger partial charge in [0.2, 0.25) is 10.0 Å². The maximum Gasteiger partial charge on any atom is 0.317 e. The van der Waals surface area contributed by atoms with Gasteiger partial charge >= 0.3 is 6.03 Å². The van der Waals surface area contributed by atoms with E-state index in [1.165, 1.54) is 5.69 Å². The van der Waals surface area contributed by atoms with E-state index < -0.39 is 10.0 Å². The Morgan fingerprint density at radius 3 is 2.47 bits per heavy atom. The van der Waals surface area contributed by atoms with Crippen molar-refractivity contribution in [2.45, 2.75) is 50.8 Å². The zero-order chi connectivity index (χ0) is 21.6. The molecule has 0 bridgehead atoms. The van der Waals surface area contributed by atoms with E-state index in [2.05, 4.69) is 27.1 Å². The van der Waals surface area contributed by atoms with Crippen LogP contribution in [-0.2, 0) is 14.8 Å². The van der Waals surface area contributed by atoms with Crippen molar-refractivity contribution >= 4 is 21.7 Å². The summed E-state index contributed by atoms with van der Waals surface area (Å²) in [6.45, 7) is 5.19. The van der Waals surface area contributed by atoms with Gasteiger partial charge in [-0.15, -0.1) is 0 Å². The third-order valence-electron chi connectivity index (χ3n) is 5.80. The number of piperidine rings is 2. The number of nitrogens with zero attached hydrogens (tertiary/aromatic N) is 2. The lowest BCUT2D eigenvalue weighted by Gasteiger charge is -2.42. The largest absolute Gasteiger partial charge is 0.376 e. The molecule has 3 rings (SSSR count). The molecule has 0 aliphatic carbocycles. The Morgan fingerprint density at radius 1 is 1.13 bits per heavy atom. The fourth-order valence-electron chi connectivity index (χ4n) is 4.33. The van der Waals surface area contributed by atoms with Crippen molar-refractivity contribution in [3.63, 3.8) is 0 Å². The highest BCUT2D eigenvalue weighted by molar-refractivity contribution is 7.88. The number of anilines is 1. The molecule has 2 aliphatic rings. The Hall–Kier alpha value is -1.84. The van der Waals surface area contributed by atoms with E-state index in [4.69, 9.17) is 4.74 Å². The standard InChI is InChI=1S/C21H34N4O4S/c1-3-22-21(26)25-13-7-10-19(23-30(2,27)28)20(25)16-29-18-11-14-24(15-12-18)17-8-5-4-6-9-17/h4-6,8-9,18-20,23H,3,7,10-16H2,1-2H3,(H,22,26)/t19-,20-/m0/s1. The second kappa shape index (κ2) is 10.5. The van der Waals surface area contributed by atoms with Crippen molar-refractivity contribution in [2.24, 2.45) is 0 Å². The number of amides is 2. The van der Waals surface area contributed by atoms with E-state index in [9.17, 15) is 13.2 Å². The molecule has 2 amide bonds. The van der Waals surface area contributed by atoms with Gasteiger partial charge in [0.05, 0.1) is 25.0 Å². The minimum atomic E-state index is -3.37. The molecule has 2 aliphatic heterocycles. The molecule has 9 heteroatoms. The highest BCUT2D eigenvalue weighted by atomic mass is 32.2. The molecule has 0 saturated carbocycles. The van der Waals surface area contributed by atoms with Gasteiger partial charge in [-0.1, -0.05) is 18.2 Å². The highest BCUT2D eigenvalue weighted by Crippen LogP contribution is 2.24. The SMILES string of the molecule is CCNC(=O)N1CCC[C@H](NS(C)(=O)=O)[C@@H]1COC1CCN(c2ccccc2)CC1. The number of carbonyl (C=O) groups excluding carboxylic acids is 1. The first kappa shape index (κ1) is 22.8. The molecule has 1 aromatic carbocycles. The first-order valence-corrected chi connectivity index (χ1v) is 12.7. The number of hydrogen-bond acceptors (Lipinski definition) is 5. The molecule has 2 fully saturated rings. The van der Waals surface area contributed by atoms with Crippen LogP contribution in [0.3, 0.4) is 0 Å². The number of ether oxygens (including phenoxy) is 1. The van der Waals surface area contributed by atoms with Crippen LogP contribution in [0.5, 0.6) is 0 Å². The van der Waals surface area contributed by atoms with Crippen molar-refractivity contribution in [3.05, 3.63) is 30.3 Å². The normalized spacial score (nSPS) is 23.4. The van der Waals surface area contributed by atoms with Gasteiger partial charge in [0, 0.05) is 37.9 Å². The van der Waals surface area contributed by atoms with Crippen LogP contribution in [0.25, 0.3) is 0 Å². The van der Waals surface area contributed by atoms with E-state index in [-0.39, 0.29) is 24.2 Å². The molecule has 0 aromatic heterocycles. The second-order valence-corrected chi connectivity index (χ2v) is 9.87. The molecular formula is C21H34N4O4S. The Balaban J connectivity index is 1.59. The Labute approximate surface area is 180 Å². The van der Waals surface area contributed by atoms with Crippen molar-refractivity contribution in [3.8, 4) is 0 Å². The summed E-state index contributed by atoms with van der Waals surface area (Å²) in [6, 6.07) is 9.55. The number of hydrogen-bond donors (Lipinski definition) is 2. The first-order chi connectivity index (χ1) is 14.4. The smallest absolute Gasteiger partial charge is 0.317 e. The number of carbonyl (C=O) groups is 1. The number of nitrogens with one attached hydrogen (secondary N) is 2. The third kappa shape index (κ3) is 6.33. The minimum absolute atomic E-state index is 0.113. The number of para-hydroxylation sites is 1. The molecule has 0 radical (unpaired) electrons. The fraction of sp³-hybridized carbons (Fsp3) is 0.667. The van der Waals surface area contributed by atoms with Gasteiger partial charge in [-0.05, 0) is 44.7 Å². The van der Waals surface area contributed by atoms with E-state index in [0.717, 1.165) is 38.6 Å². The highest BCUT2D eigenvalue weighted by Gasteiger charge is 2.36. The van der Waals surface area contributed by atoms with Crippen molar-refractivity contribution in [1.82, 2.24) is 14.9 Å². The average Bonchev–Trinajstić information content (AvgIpc) is 2.73. The summed E-state index contributed by atoms with van der Waals surface area (Å²) in [5.41, 5.74) is 1.23. The van der Waals surface area contributed by atoms with E-state index in [1.807, 2.05) is 25.1 Å². The zero-order valence-electron chi connectivity index (χ0n) is 17.9. The van der Waals surface area contributed by atoms with E-state index >= 15 is 0 Å². The summed E-state index contributed by atoms with van der Waals surface area (Å²) in [5, 5.41) is 2.84. The van der Waals surface area contributed by atoms with Crippen LogP contribution in [0.4, 0.5) is 10.5 Å². The molecule has 2 N–H and O–H groups in total. The molecule has 0 unspecified atom stereocenters. The van der Waals surface area contributed by atoms with Crippen LogP contribution in [0.2, 0.25) is 0 Å². The Kier molecular flexibility index (Phi) is 7.96. The summed E-state index contributed by atoms with van der Waals surface area (Å²) < 4.78 is 32.6. The fourth-order valence-corrected chi connectivity index (χ4v) is 5.16. The maximum absolute atomic E-state index is 12.5. The van der Waals surface area contributed by atoms with Crippen LogP contribution in [-0.4, -0.2) is 76.6 Å². The third-order valence-corrected chi connectivity index (χ3v) is 6.53. The first-order valence-electron chi connectivity index (χ1n) is 10.8. The molecule has 8 nitrogen and oxygen atoms in total. The minimum Gasteiger partial charge on any atom is -0.376 e. The molecule has 30 heavy (non-hydrogen) atoms. The second-order valence-electron chi connectivity index (χ2n) is 8.09. The quantitative estimate of drug-likeness (QED) is 0.677. The monoisotopic (exact) mass is 438 g/mol. The lowest BCUT2D eigenvalue weighted by Crippen LogP contribution is -2.60. The summed E-state index contributed by atoms with van der Waals surface area (Å²) in [6.07, 6.45) is 4.55. The van der Waals surface area contributed by atoms with Crippen molar-refractivity contribution < 1.29 is 17.9 Å².